The number of sulfonamides is 1. The van der Waals surface area contributed by atoms with Gasteiger partial charge in [0.1, 0.15) is 11.2 Å². The third-order valence-corrected chi connectivity index (χ3v) is 5.35. The number of rotatable bonds is 6. The molecule has 0 aliphatic rings. The number of nitrogens with one attached hydrogen (secondary N) is 1. The van der Waals surface area contributed by atoms with Crippen LogP contribution in [0.15, 0.2) is 70.3 Å². The topological polar surface area (TPSA) is 81.2 Å². The van der Waals surface area contributed by atoms with Gasteiger partial charge < -0.3 is 4.74 Å². The fourth-order valence-electron chi connectivity index (χ4n) is 2.27. The molecule has 0 atom stereocenters. The Morgan fingerprint density at radius 2 is 1.79 bits per heavy atom. The van der Waals surface area contributed by atoms with Gasteiger partial charge >= 0.3 is 6.18 Å². The molecule has 152 valence electrons. The summed E-state index contributed by atoms with van der Waals surface area (Å²) in [6.07, 6.45) is -3.44. The first-order chi connectivity index (χ1) is 13.6. The number of hydrogen-bond donors (Lipinski definition) is 1. The molecule has 6 nitrogen and oxygen atoms in total. The zero-order valence-corrected chi connectivity index (χ0v) is 16.9. The quantitative estimate of drug-likeness (QED) is 0.547. The van der Waals surface area contributed by atoms with E-state index in [1.807, 2.05) is 18.2 Å². The lowest BCUT2D eigenvalue weighted by Crippen LogP contribution is -2.16. The second-order valence-electron chi connectivity index (χ2n) is 5.75. The van der Waals surface area contributed by atoms with Gasteiger partial charge in [-0.2, -0.15) is 13.2 Å². The number of ether oxygens (including phenoxy) is 1. The summed E-state index contributed by atoms with van der Waals surface area (Å²) in [6, 6.07) is 12.4. The highest BCUT2D eigenvalue weighted by molar-refractivity contribution is 9.10. The average Bonchev–Trinajstić information content (AvgIpc) is 2.68. The van der Waals surface area contributed by atoms with Gasteiger partial charge in [0.05, 0.1) is 16.7 Å². The first-order valence-electron chi connectivity index (χ1n) is 8.04. The molecule has 0 spiro atoms. The lowest BCUT2D eigenvalue weighted by molar-refractivity contribution is -0.137. The summed E-state index contributed by atoms with van der Waals surface area (Å²) in [5.41, 5.74) is -0.274. The molecule has 1 aromatic heterocycles. The second-order valence-corrected chi connectivity index (χ2v) is 8.25. The molecule has 0 aliphatic carbocycles. The van der Waals surface area contributed by atoms with Crippen LogP contribution in [0, 0.1) is 0 Å². The molecule has 0 aliphatic heterocycles. The Bertz CT molecular complexity index is 1110. The zero-order chi connectivity index (χ0) is 21.1. The van der Waals surface area contributed by atoms with Crippen LogP contribution < -0.4 is 9.46 Å². The number of halogens is 4. The maximum atomic E-state index is 12.9. The number of hydrogen-bond acceptors (Lipinski definition) is 5. The van der Waals surface area contributed by atoms with E-state index in [1.54, 1.807) is 12.1 Å². The third-order valence-electron chi connectivity index (χ3n) is 3.63. The van der Waals surface area contributed by atoms with Gasteiger partial charge in [0.15, 0.2) is 0 Å². The van der Waals surface area contributed by atoms with Crippen LogP contribution in [0.2, 0.25) is 0 Å². The van der Waals surface area contributed by atoms with Crippen LogP contribution in [0.5, 0.6) is 5.88 Å². The van der Waals surface area contributed by atoms with Gasteiger partial charge in [0.2, 0.25) is 5.82 Å². The summed E-state index contributed by atoms with van der Waals surface area (Å²) >= 11 is 3.12. The summed E-state index contributed by atoms with van der Waals surface area (Å²) in [5, 5.41) is 0. The van der Waals surface area contributed by atoms with Crippen LogP contribution in [0.1, 0.15) is 11.1 Å². The maximum absolute atomic E-state index is 12.9. The van der Waals surface area contributed by atoms with Crippen molar-refractivity contribution in [2.24, 2.45) is 0 Å². The van der Waals surface area contributed by atoms with Crippen molar-refractivity contribution in [1.29, 1.82) is 0 Å². The molecule has 0 unspecified atom stereocenters. The molecule has 0 radical (unpaired) electrons. The minimum Gasteiger partial charge on any atom is -0.470 e. The lowest BCUT2D eigenvalue weighted by Gasteiger charge is -2.13. The van der Waals surface area contributed by atoms with Crippen LogP contribution in [-0.4, -0.2) is 18.4 Å². The maximum Gasteiger partial charge on any atom is 0.416 e. The highest BCUT2D eigenvalue weighted by atomic mass is 79.9. The molecule has 2 aromatic carbocycles. The predicted molar refractivity (Wildman–Crippen MR) is 103 cm³/mol. The molecule has 0 fully saturated rings. The monoisotopic (exact) mass is 487 g/mol. The van der Waals surface area contributed by atoms with Crippen molar-refractivity contribution in [3.63, 3.8) is 0 Å². The van der Waals surface area contributed by atoms with Crippen molar-refractivity contribution in [1.82, 2.24) is 9.97 Å². The molecule has 0 bridgehead atoms. The second kappa shape index (κ2) is 8.37. The summed E-state index contributed by atoms with van der Waals surface area (Å²) < 4.78 is 71.8. The number of nitrogens with zero attached hydrogens (tertiary/aromatic N) is 2. The number of benzene rings is 2. The fraction of sp³-hybridized carbons (Fsp3) is 0.111. The Hall–Kier alpha value is -2.66. The van der Waals surface area contributed by atoms with Gasteiger partial charge in [0.25, 0.3) is 15.9 Å². The molecular formula is C18H13BrF3N3O3S. The lowest BCUT2D eigenvalue weighted by atomic mass is 10.2. The number of aromatic nitrogens is 2. The summed E-state index contributed by atoms with van der Waals surface area (Å²) in [4.78, 5) is 7.41. The highest BCUT2D eigenvalue weighted by Gasteiger charge is 2.32. The van der Waals surface area contributed by atoms with Crippen LogP contribution >= 0.6 is 15.9 Å². The van der Waals surface area contributed by atoms with Crippen molar-refractivity contribution in [3.8, 4) is 5.88 Å². The highest BCUT2D eigenvalue weighted by Crippen LogP contribution is 2.31. The molecule has 3 aromatic rings. The van der Waals surface area contributed by atoms with Crippen LogP contribution in [0.3, 0.4) is 0 Å². The largest absolute Gasteiger partial charge is 0.470 e. The average molecular weight is 488 g/mol. The first-order valence-corrected chi connectivity index (χ1v) is 10.3. The minimum absolute atomic E-state index is 0.0876. The number of alkyl halides is 3. The first kappa shape index (κ1) is 21.1. The molecular weight excluding hydrogens is 475 g/mol. The third kappa shape index (κ3) is 5.45. The van der Waals surface area contributed by atoms with Crippen molar-refractivity contribution in [2.75, 3.05) is 4.72 Å². The number of anilines is 1. The van der Waals surface area contributed by atoms with E-state index in [4.69, 9.17) is 4.74 Å². The SMILES string of the molecule is O=S(=O)(Nc1ncc(Br)nc1OCc1ccccc1)c1cccc(C(F)(F)F)c1. The Kier molecular flexibility index (Phi) is 6.08. The van der Waals surface area contributed by atoms with Gasteiger partial charge in [-0.25, -0.2) is 18.4 Å². The fourth-order valence-corrected chi connectivity index (χ4v) is 3.59. The van der Waals surface area contributed by atoms with Crippen molar-refractivity contribution >= 4 is 31.8 Å². The molecule has 0 saturated carbocycles. The molecule has 11 heteroatoms. The summed E-state index contributed by atoms with van der Waals surface area (Å²) in [5.74, 6) is -0.375. The van der Waals surface area contributed by atoms with E-state index in [0.29, 0.717) is 10.7 Å². The van der Waals surface area contributed by atoms with E-state index in [1.165, 1.54) is 6.20 Å². The van der Waals surface area contributed by atoms with Gasteiger partial charge in [0, 0.05) is 0 Å². The van der Waals surface area contributed by atoms with Gasteiger partial charge in [-0.1, -0.05) is 36.4 Å². The smallest absolute Gasteiger partial charge is 0.416 e. The van der Waals surface area contributed by atoms with Crippen molar-refractivity contribution < 1.29 is 26.3 Å². The Labute approximate surface area is 173 Å². The minimum atomic E-state index is -4.67. The van der Waals surface area contributed by atoms with Gasteiger partial charge in [-0.3, -0.25) is 4.72 Å². The van der Waals surface area contributed by atoms with E-state index in [9.17, 15) is 21.6 Å². The van der Waals surface area contributed by atoms with Crippen molar-refractivity contribution in [2.45, 2.75) is 17.7 Å². The summed E-state index contributed by atoms with van der Waals surface area (Å²) in [6.45, 7) is 0.0876. The van der Waals surface area contributed by atoms with E-state index < -0.39 is 26.7 Å². The standard InChI is InChI=1S/C18H13BrF3N3O3S/c19-15-10-23-16(17(24-15)28-11-12-5-2-1-3-6-12)25-29(26,27)14-8-4-7-13(9-14)18(20,21)22/h1-10H,11H2,(H,23,25). The predicted octanol–water partition coefficient (Wildman–Crippen LogP) is 4.64. The van der Waals surface area contributed by atoms with Gasteiger partial charge in [-0.05, 0) is 39.7 Å². The van der Waals surface area contributed by atoms with E-state index in [0.717, 1.165) is 23.8 Å². The van der Waals surface area contributed by atoms with E-state index in [2.05, 4.69) is 30.6 Å². The molecule has 1 N–H and O–H groups in total. The van der Waals surface area contributed by atoms with Crippen molar-refractivity contribution in [3.05, 3.63) is 76.5 Å². The van der Waals surface area contributed by atoms with Gasteiger partial charge in [-0.15, -0.1) is 0 Å². The van der Waals surface area contributed by atoms with Crippen LogP contribution in [0.25, 0.3) is 0 Å². The molecule has 0 amide bonds. The normalized spacial score (nSPS) is 11.9. The Morgan fingerprint density at radius 1 is 1.07 bits per heavy atom. The molecule has 3 rings (SSSR count). The van der Waals surface area contributed by atoms with Crippen LogP contribution in [0.4, 0.5) is 19.0 Å². The molecule has 0 saturated heterocycles. The van der Waals surface area contributed by atoms with Crippen LogP contribution in [-0.2, 0) is 22.8 Å². The molecule has 29 heavy (non-hydrogen) atoms. The Morgan fingerprint density at radius 3 is 2.48 bits per heavy atom. The van der Waals surface area contributed by atoms with E-state index in [-0.39, 0.29) is 18.3 Å². The molecule has 1 heterocycles. The Balaban J connectivity index is 1.87. The van der Waals surface area contributed by atoms with E-state index >= 15 is 0 Å². The summed E-state index contributed by atoms with van der Waals surface area (Å²) in [7, 11) is -4.36. The zero-order valence-electron chi connectivity index (χ0n) is 14.5.